The van der Waals surface area contributed by atoms with Crippen LogP contribution in [0.25, 0.3) is 21.0 Å². The number of para-hydroxylation sites is 1. The van der Waals surface area contributed by atoms with Crippen molar-refractivity contribution >= 4 is 21.6 Å². The van der Waals surface area contributed by atoms with Crippen molar-refractivity contribution in [3.05, 3.63) is 42.2 Å². The van der Waals surface area contributed by atoms with Crippen molar-refractivity contribution in [2.45, 2.75) is 19.0 Å². The van der Waals surface area contributed by atoms with Crippen molar-refractivity contribution in [3.63, 3.8) is 0 Å². The number of furan rings is 1. The maximum absolute atomic E-state index is 5.90. The SMILES string of the molecule is c1ccc2sc(-c3ccc(CNC4CCOC4)o3)nc2c1. The predicted molar refractivity (Wildman–Crippen MR) is 83.4 cm³/mol. The van der Waals surface area contributed by atoms with Crippen molar-refractivity contribution in [3.8, 4) is 10.8 Å². The van der Waals surface area contributed by atoms with Crippen LogP contribution < -0.4 is 5.32 Å². The van der Waals surface area contributed by atoms with E-state index in [0.29, 0.717) is 6.04 Å². The lowest BCUT2D eigenvalue weighted by atomic mass is 10.2. The second-order valence-electron chi connectivity index (χ2n) is 5.19. The van der Waals surface area contributed by atoms with E-state index in [4.69, 9.17) is 9.15 Å². The van der Waals surface area contributed by atoms with Crippen molar-refractivity contribution in [1.29, 1.82) is 0 Å². The lowest BCUT2D eigenvalue weighted by molar-refractivity contribution is 0.189. The maximum Gasteiger partial charge on any atom is 0.163 e. The molecule has 0 amide bonds. The minimum atomic E-state index is 0.445. The van der Waals surface area contributed by atoms with E-state index in [1.165, 1.54) is 4.70 Å². The first-order valence-electron chi connectivity index (χ1n) is 7.14. The van der Waals surface area contributed by atoms with Crippen LogP contribution in [0, 0.1) is 0 Å². The monoisotopic (exact) mass is 300 g/mol. The van der Waals surface area contributed by atoms with Crippen molar-refractivity contribution in [2.75, 3.05) is 13.2 Å². The Balaban J connectivity index is 1.50. The summed E-state index contributed by atoms with van der Waals surface area (Å²) in [6.45, 7) is 2.39. The Kier molecular flexibility index (Phi) is 3.47. The molecular formula is C16H16N2O2S. The Labute approximate surface area is 126 Å². The molecule has 0 aliphatic carbocycles. The number of thiazole rings is 1. The molecule has 1 aliphatic rings. The Morgan fingerprint density at radius 1 is 1.24 bits per heavy atom. The van der Waals surface area contributed by atoms with E-state index < -0.39 is 0 Å². The molecule has 21 heavy (non-hydrogen) atoms. The predicted octanol–water partition coefficient (Wildman–Crippen LogP) is 3.43. The summed E-state index contributed by atoms with van der Waals surface area (Å²) in [5.74, 6) is 1.78. The van der Waals surface area contributed by atoms with Gasteiger partial charge in [0.2, 0.25) is 0 Å². The molecule has 1 aromatic carbocycles. The van der Waals surface area contributed by atoms with Gasteiger partial charge in [-0.25, -0.2) is 4.98 Å². The second kappa shape index (κ2) is 5.60. The highest BCUT2D eigenvalue weighted by Gasteiger charge is 2.16. The van der Waals surface area contributed by atoms with E-state index in [0.717, 1.165) is 48.2 Å². The van der Waals surface area contributed by atoms with Crippen LogP contribution in [0.1, 0.15) is 12.2 Å². The van der Waals surface area contributed by atoms with Crippen molar-refractivity contribution in [2.24, 2.45) is 0 Å². The Bertz CT molecular complexity index is 710. The number of rotatable bonds is 4. The third-order valence-corrected chi connectivity index (χ3v) is 4.71. The number of ether oxygens (including phenoxy) is 1. The molecule has 0 spiro atoms. The fourth-order valence-corrected chi connectivity index (χ4v) is 3.43. The first-order chi connectivity index (χ1) is 10.4. The molecule has 3 aromatic rings. The summed E-state index contributed by atoms with van der Waals surface area (Å²) in [7, 11) is 0. The molecule has 5 heteroatoms. The maximum atomic E-state index is 5.90. The van der Waals surface area contributed by atoms with Gasteiger partial charge < -0.3 is 14.5 Å². The lowest BCUT2D eigenvalue weighted by Crippen LogP contribution is -2.28. The van der Waals surface area contributed by atoms with Crippen LogP contribution >= 0.6 is 11.3 Å². The van der Waals surface area contributed by atoms with Gasteiger partial charge in [-0.05, 0) is 30.7 Å². The Hall–Kier alpha value is -1.69. The summed E-state index contributed by atoms with van der Waals surface area (Å²) < 4.78 is 12.4. The van der Waals surface area contributed by atoms with Gasteiger partial charge in [0.25, 0.3) is 0 Å². The molecule has 0 saturated carbocycles. The zero-order valence-corrected chi connectivity index (χ0v) is 12.4. The topological polar surface area (TPSA) is 47.3 Å². The normalized spacial score (nSPS) is 18.6. The molecule has 1 aliphatic heterocycles. The molecule has 1 fully saturated rings. The number of aromatic nitrogens is 1. The van der Waals surface area contributed by atoms with E-state index >= 15 is 0 Å². The fourth-order valence-electron chi connectivity index (χ4n) is 2.51. The van der Waals surface area contributed by atoms with Crippen LogP contribution in [-0.2, 0) is 11.3 Å². The Morgan fingerprint density at radius 2 is 2.19 bits per heavy atom. The highest BCUT2D eigenvalue weighted by Crippen LogP contribution is 2.31. The van der Waals surface area contributed by atoms with Gasteiger partial charge in [-0.15, -0.1) is 11.3 Å². The average Bonchev–Trinajstić information content (AvgIpc) is 3.24. The van der Waals surface area contributed by atoms with Gasteiger partial charge in [-0.3, -0.25) is 0 Å². The van der Waals surface area contributed by atoms with Gasteiger partial charge in [0.05, 0.1) is 23.4 Å². The van der Waals surface area contributed by atoms with Gasteiger partial charge in [0.15, 0.2) is 10.8 Å². The molecule has 1 unspecified atom stereocenters. The molecule has 3 heterocycles. The summed E-state index contributed by atoms with van der Waals surface area (Å²) in [5.41, 5.74) is 1.02. The first-order valence-corrected chi connectivity index (χ1v) is 7.96. The van der Waals surface area contributed by atoms with Crippen molar-refractivity contribution < 1.29 is 9.15 Å². The molecule has 0 radical (unpaired) electrons. The zero-order valence-electron chi connectivity index (χ0n) is 11.5. The highest BCUT2D eigenvalue weighted by molar-refractivity contribution is 7.21. The van der Waals surface area contributed by atoms with Gasteiger partial charge >= 0.3 is 0 Å². The summed E-state index contributed by atoms with van der Waals surface area (Å²) in [5, 5.41) is 4.39. The third-order valence-electron chi connectivity index (χ3n) is 3.66. The number of hydrogen-bond donors (Lipinski definition) is 1. The number of benzene rings is 1. The molecule has 108 valence electrons. The van der Waals surface area contributed by atoms with Crippen LogP contribution in [0.4, 0.5) is 0 Å². The van der Waals surface area contributed by atoms with Crippen LogP contribution in [0.3, 0.4) is 0 Å². The molecule has 1 atom stereocenters. The quantitative estimate of drug-likeness (QED) is 0.802. The number of fused-ring (bicyclic) bond motifs is 1. The van der Waals surface area contributed by atoms with Crippen LogP contribution in [0.5, 0.6) is 0 Å². The standard InChI is InChI=1S/C16H16N2O2S/c1-2-4-15-13(3-1)18-16(21-15)14-6-5-12(20-14)9-17-11-7-8-19-10-11/h1-6,11,17H,7-10H2. The third kappa shape index (κ3) is 2.72. The second-order valence-corrected chi connectivity index (χ2v) is 6.22. The van der Waals surface area contributed by atoms with Crippen LogP contribution in [0.15, 0.2) is 40.8 Å². The average molecular weight is 300 g/mol. The summed E-state index contributed by atoms with van der Waals surface area (Å²) in [6.07, 6.45) is 1.07. The fraction of sp³-hybridized carbons (Fsp3) is 0.312. The van der Waals surface area contributed by atoms with E-state index in [1.807, 2.05) is 30.3 Å². The number of nitrogens with one attached hydrogen (secondary N) is 1. The molecule has 2 aromatic heterocycles. The van der Waals surface area contributed by atoms with Crippen LogP contribution in [-0.4, -0.2) is 24.2 Å². The van der Waals surface area contributed by atoms with Gasteiger partial charge in [-0.1, -0.05) is 12.1 Å². The molecule has 4 rings (SSSR count). The Morgan fingerprint density at radius 3 is 3.05 bits per heavy atom. The van der Waals surface area contributed by atoms with E-state index in [9.17, 15) is 0 Å². The van der Waals surface area contributed by atoms with Crippen LogP contribution in [0.2, 0.25) is 0 Å². The lowest BCUT2D eigenvalue weighted by Gasteiger charge is -2.07. The highest BCUT2D eigenvalue weighted by atomic mass is 32.1. The van der Waals surface area contributed by atoms with Gasteiger partial charge in [0.1, 0.15) is 5.76 Å². The summed E-state index contributed by atoms with van der Waals surface area (Å²) >= 11 is 1.66. The minimum Gasteiger partial charge on any atom is -0.457 e. The zero-order chi connectivity index (χ0) is 14.1. The number of nitrogens with zero attached hydrogens (tertiary/aromatic N) is 1. The smallest absolute Gasteiger partial charge is 0.163 e. The number of hydrogen-bond acceptors (Lipinski definition) is 5. The molecule has 1 N–H and O–H groups in total. The van der Waals surface area contributed by atoms with Crippen molar-refractivity contribution in [1.82, 2.24) is 10.3 Å². The largest absolute Gasteiger partial charge is 0.457 e. The van der Waals surface area contributed by atoms with Gasteiger partial charge in [0, 0.05) is 12.6 Å². The molecule has 1 saturated heterocycles. The molecular weight excluding hydrogens is 284 g/mol. The first kappa shape index (κ1) is 13.0. The van der Waals surface area contributed by atoms with E-state index in [1.54, 1.807) is 11.3 Å². The molecule has 4 nitrogen and oxygen atoms in total. The van der Waals surface area contributed by atoms with E-state index in [2.05, 4.69) is 16.4 Å². The van der Waals surface area contributed by atoms with E-state index in [-0.39, 0.29) is 0 Å². The molecule has 0 bridgehead atoms. The van der Waals surface area contributed by atoms with Gasteiger partial charge in [-0.2, -0.15) is 0 Å². The minimum absolute atomic E-state index is 0.445. The summed E-state index contributed by atoms with van der Waals surface area (Å²) in [4.78, 5) is 4.62. The summed E-state index contributed by atoms with van der Waals surface area (Å²) in [6, 6.07) is 12.6.